The molecule has 0 aromatic heterocycles. The smallest absolute Gasteiger partial charge is 0.243 e. The van der Waals surface area contributed by atoms with Crippen LogP contribution in [-0.2, 0) is 10.0 Å². The second-order valence-corrected chi connectivity index (χ2v) is 8.13. The predicted molar refractivity (Wildman–Crippen MR) is 77.4 cm³/mol. The van der Waals surface area contributed by atoms with E-state index in [1.54, 1.807) is 0 Å². The zero-order chi connectivity index (χ0) is 14.3. The monoisotopic (exact) mass is 362 g/mol. The molecular weight excluding hydrogens is 347 g/mol. The lowest BCUT2D eigenvalue weighted by Gasteiger charge is -2.34. The minimum Gasteiger partial charge on any atom is -0.314 e. The van der Waals surface area contributed by atoms with Crippen LogP contribution < -0.4 is 5.32 Å². The van der Waals surface area contributed by atoms with Crippen LogP contribution in [0.5, 0.6) is 0 Å². The predicted octanol–water partition coefficient (Wildman–Crippen LogP) is 1.96. The molecule has 2 heterocycles. The van der Waals surface area contributed by atoms with E-state index in [9.17, 15) is 12.8 Å². The summed E-state index contributed by atoms with van der Waals surface area (Å²) in [6, 6.07) is 4.40. The van der Waals surface area contributed by atoms with Crippen molar-refractivity contribution in [3.8, 4) is 0 Å². The van der Waals surface area contributed by atoms with Gasteiger partial charge in [-0.2, -0.15) is 4.31 Å². The topological polar surface area (TPSA) is 49.4 Å². The molecule has 20 heavy (non-hydrogen) atoms. The van der Waals surface area contributed by atoms with Crippen LogP contribution >= 0.6 is 15.9 Å². The molecule has 4 nitrogen and oxygen atoms in total. The summed E-state index contributed by atoms with van der Waals surface area (Å²) in [5.41, 5.74) is 0. The quantitative estimate of drug-likeness (QED) is 0.874. The molecule has 1 N–H and O–H groups in total. The Morgan fingerprint density at radius 1 is 1.35 bits per heavy atom. The van der Waals surface area contributed by atoms with Crippen molar-refractivity contribution in [1.82, 2.24) is 9.62 Å². The molecule has 0 saturated carbocycles. The fraction of sp³-hybridized carbons (Fsp3) is 0.538. The maximum Gasteiger partial charge on any atom is 0.243 e. The molecule has 2 saturated heterocycles. The van der Waals surface area contributed by atoms with Gasteiger partial charge >= 0.3 is 0 Å². The molecular formula is C13H16BrFN2O2S. The van der Waals surface area contributed by atoms with Crippen LogP contribution in [0.15, 0.2) is 27.6 Å². The first-order valence-corrected chi connectivity index (χ1v) is 8.90. The molecule has 0 aliphatic carbocycles. The zero-order valence-corrected chi connectivity index (χ0v) is 13.3. The van der Waals surface area contributed by atoms with Crippen molar-refractivity contribution in [3.63, 3.8) is 0 Å². The number of benzene rings is 1. The van der Waals surface area contributed by atoms with Gasteiger partial charge in [-0.15, -0.1) is 0 Å². The summed E-state index contributed by atoms with van der Waals surface area (Å²) in [7, 11) is -3.60. The van der Waals surface area contributed by atoms with Gasteiger partial charge < -0.3 is 5.32 Å². The van der Waals surface area contributed by atoms with Crippen LogP contribution in [0.25, 0.3) is 0 Å². The third kappa shape index (κ3) is 2.52. The van der Waals surface area contributed by atoms with E-state index in [4.69, 9.17) is 0 Å². The summed E-state index contributed by atoms with van der Waals surface area (Å²) >= 11 is 3.04. The minimum absolute atomic E-state index is 0.0302. The second-order valence-electron chi connectivity index (χ2n) is 5.34. The third-order valence-electron chi connectivity index (χ3n) is 4.15. The van der Waals surface area contributed by atoms with Gasteiger partial charge in [0.1, 0.15) is 5.82 Å². The largest absolute Gasteiger partial charge is 0.314 e. The summed E-state index contributed by atoms with van der Waals surface area (Å²) in [6.07, 6.45) is 1.83. The second kappa shape index (κ2) is 5.36. The minimum atomic E-state index is -3.60. The number of hydrogen-bond donors (Lipinski definition) is 1. The first kappa shape index (κ1) is 14.4. The molecule has 110 valence electrons. The van der Waals surface area contributed by atoms with E-state index in [0.717, 1.165) is 25.5 Å². The van der Waals surface area contributed by atoms with E-state index in [1.807, 2.05) is 0 Å². The lowest BCUT2D eigenvalue weighted by Crippen LogP contribution is -2.46. The van der Waals surface area contributed by atoms with Crippen LogP contribution in [-0.4, -0.2) is 38.4 Å². The standard InChI is InChI=1S/C13H16BrFN2O2S/c14-11-2-1-10(7-12(11)15)20(18,19)17-6-4-13-9(8-17)3-5-16-13/h1-2,7,9,13,16H,3-6,8H2. The number of fused-ring (bicyclic) bond motifs is 1. The molecule has 0 spiro atoms. The number of nitrogens with zero attached hydrogens (tertiary/aromatic N) is 1. The lowest BCUT2D eigenvalue weighted by atomic mass is 9.95. The SMILES string of the molecule is O=S(=O)(c1ccc(Br)c(F)c1)N1CCC2NCCC2C1. The first-order valence-electron chi connectivity index (χ1n) is 6.67. The van der Waals surface area contributed by atoms with Gasteiger partial charge in [0.2, 0.25) is 10.0 Å². The van der Waals surface area contributed by atoms with E-state index in [-0.39, 0.29) is 9.37 Å². The molecule has 2 fully saturated rings. The van der Waals surface area contributed by atoms with E-state index < -0.39 is 15.8 Å². The van der Waals surface area contributed by atoms with E-state index in [2.05, 4.69) is 21.2 Å². The summed E-state index contributed by atoms with van der Waals surface area (Å²) in [5, 5.41) is 3.40. The fourth-order valence-corrected chi connectivity index (χ4v) is 4.79. The van der Waals surface area contributed by atoms with E-state index in [0.29, 0.717) is 25.0 Å². The number of rotatable bonds is 2. The normalized spacial score (nSPS) is 27.5. The van der Waals surface area contributed by atoms with Crippen molar-refractivity contribution >= 4 is 26.0 Å². The van der Waals surface area contributed by atoms with Crippen LogP contribution in [0.3, 0.4) is 0 Å². The number of hydrogen-bond acceptors (Lipinski definition) is 3. The number of sulfonamides is 1. The van der Waals surface area contributed by atoms with Gasteiger partial charge in [0.05, 0.1) is 9.37 Å². The van der Waals surface area contributed by atoms with Crippen LogP contribution in [0.4, 0.5) is 4.39 Å². The Kier molecular flexibility index (Phi) is 3.87. The average Bonchev–Trinajstić information content (AvgIpc) is 2.89. The highest BCUT2D eigenvalue weighted by Crippen LogP contribution is 2.29. The maximum atomic E-state index is 13.6. The van der Waals surface area contributed by atoms with Gasteiger partial charge in [0.15, 0.2) is 0 Å². The Hall–Kier alpha value is -0.500. The van der Waals surface area contributed by atoms with E-state index in [1.165, 1.54) is 16.4 Å². The summed E-state index contributed by atoms with van der Waals surface area (Å²) < 4.78 is 40.4. The molecule has 0 radical (unpaired) electrons. The zero-order valence-electron chi connectivity index (χ0n) is 10.9. The summed E-state index contributed by atoms with van der Waals surface area (Å²) in [4.78, 5) is 0.0302. The fourth-order valence-electron chi connectivity index (χ4n) is 3.02. The molecule has 3 rings (SSSR count). The summed E-state index contributed by atoms with van der Waals surface area (Å²) in [6.45, 7) is 1.97. The molecule has 2 atom stereocenters. The van der Waals surface area contributed by atoms with Crippen molar-refractivity contribution in [2.45, 2.75) is 23.8 Å². The van der Waals surface area contributed by atoms with Gasteiger partial charge in [-0.05, 0) is 59.4 Å². The molecule has 1 aromatic carbocycles. The maximum absolute atomic E-state index is 13.6. The number of piperidine rings is 1. The van der Waals surface area contributed by atoms with Crippen molar-refractivity contribution in [1.29, 1.82) is 0 Å². The highest BCUT2D eigenvalue weighted by Gasteiger charge is 2.37. The van der Waals surface area contributed by atoms with Gasteiger partial charge in [0.25, 0.3) is 0 Å². The Labute approximate surface area is 126 Å². The highest BCUT2D eigenvalue weighted by molar-refractivity contribution is 9.10. The molecule has 0 bridgehead atoms. The molecule has 1 aromatic rings. The molecule has 2 aliphatic rings. The molecule has 2 unspecified atom stereocenters. The van der Waals surface area contributed by atoms with Crippen LogP contribution in [0, 0.1) is 11.7 Å². The van der Waals surface area contributed by atoms with Crippen molar-refractivity contribution in [3.05, 3.63) is 28.5 Å². The first-order chi connectivity index (χ1) is 9.48. The molecule has 7 heteroatoms. The van der Waals surface area contributed by atoms with Crippen molar-refractivity contribution in [2.75, 3.05) is 19.6 Å². The van der Waals surface area contributed by atoms with Crippen molar-refractivity contribution < 1.29 is 12.8 Å². The van der Waals surface area contributed by atoms with Gasteiger partial charge in [-0.1, -0.05) is 0 Å². The van der Waals surface area contributed by atoms with Crippen LogP contribution in [0.1, 0.15) is 12.8 Å². The Morgan fingerprint density at radius 2 is 2.15 bits per heavy atom. The summed E-state index contributed by atoms with van der Waals surface area (Å²) in [5.74, 6) is -0.178. The third-order valence-corrected chi connectivity index (χ3v) is 6.65. The van der Waals surface area contributed by atoms with Gasteiger partial charge in [-0.25, -0.2) is 12.8 Å². The lowest BCUT2D eigenvalue weighted by molar-refractivity contribution is 0.247. The Balaban J connectivity index is 1.86. The van der Waals surface area contributed by atoms with Crippen LogP contribution in [0.2, 0.25) is 0 Å². The van der Waals surface area contributed by atoms with Gasteiger partial charge in [-0.3, -0.25) is 0 Å². The highest BCUT2D eigenvalue weighted by atomic mass is 79.9. The number of nitrogens with one attached hydrogen (secondary N) is 1. The Bertz CT molecular complexity index is 623. The molecule has 0 amide bonds. The molecule has 2 aliphatic heterocycles. The Morgan fingerprint density at radius 3 is 2.90 bits per heavy atom. The van der Waals surface area contributed by atoms with Crippen molar-refractivity contribution in [2.24, 2.45) is 5.92 Å². The average molecular weight is 363 g/mol. The van der Waals surface area contributed by atoms with Gasteiger partial charge in [0, 0.05) is 19.1 Å². The number of halogens is 2. The van der Waals surface area contributed by atoms with E-state index >= 15 is 0 Å².